The lowest BCUT2D eigenvalue weighted by Crippen LogP contribution is -2.43. The molecule has 0 bridgehead atoms. The zero-order chi connectivity index (χ0) is 11.4. The number of anilines is 1. The highest BCUT2D eigenvalue weighted by atomic mass is 15.2. The van der Waals surface area contributed by atoms with Crippen molar-refractivity contribution in [3.8, 4) is 0 Å². The van der Waals surface area contributed by atoms with Crippen molar-refractivity contribution < 1.29 is 0 Å². The standard InChI is InChI=1S/C12H20N4/c1-3-10(2)11-8-12(15-9-14-11)16-6-4-13-5-7-16/h8-10,13H,3-7H2,1-2H3. The Morgan fingerprint density at radius 3 is 2.81 bits per heavy atom. The molecule has 1 unspecified atom stereocenters. The van der Waals surface area contributed by atoms with Crippen LogP contribution in [0.5, 0.6) is 0 Å². The predicted octanol–water partition coefficient (Wildman–Crippen LogP) is 1.40. The van der Waals surface area contributed by atoms with Gasteiger partial charge in [0.05, 0.1) is 0 Å². The molecule has 4 heteroatoms. The van der Waals surface area contributed by atoms with E-state index in [0.717, 1.165) is 44.1 Å². The quantitative estimate of drug-likeness (QED) is 0.836. The number of piperazine rings is 1. The van der Waals surface area contributed by atoms with Crippen molar-refractivity contribution in [1.29, 1.82) is 0 Å². The number of hydrogen-bond donors (Lipinski definition) is 1. The third-order valence-corrected chi connectivity index (χ3v) is 3.23. The Bertz CT molecular complexity index is 334. The molecule has 0 aliphatic carbocycles. The van der Waals surface area contributed by atoms with Crippen LogP contribution >= 0.6 is 0 Å². The van der Waals surface area contributed by atoms with E-state index in [1.54, 1.807) is 6.33 Å². The molecule has 1 aromatic heterocycles. The fraction of sp³-hybridized carbons (Fsp3) is 0.667. The van der Waals surface area contributed by atoms with Crippen LogP contribution in [-0.4, -0.2) is 36.1 Å². The average Bonchev–Trinajstić information content (AvgIpc) is 2.39. The van der Waals surface area contributed by atoms with Gasteiger partial charge in [-0.15, -0.1) is 0 Å². The second kappa shape index (κ2) is 5.25. The van der Waals surface area contributed by atoms with Gasteiger partial charge in [0.15, 0.2) is 0 Å². The van der Waals surface area contributed by atoms with Crippen LogP contribution in [0.4, 0.5) is 5.82 Å². The summed E-state index contributed by atoms with van der Waals surface area (Å²) in [5, 5.41) is 3.35. The minimum atomic E-state index is 0.518. The molecule has 0 aromatic carbocycles. The fourth-order valence-corrected chi connectivity index (χ4v) is 1.91. The predicted molar refractivity (Wildman–Crippen MR) is 65.8 cm³/mol. The van der Waals surface area contributed by atoms with Crippen LogP contribution < -0.4 is 10.2 Å². The molecule has 0 spiro atoms. The summed E-state index contributed by atoms with van der Waals surface area (Å²) in [4.78, 5) is 11.0. The topological polar surface area (TPSA) is 41.0 Å². The van der Waals surface area contributed by atoms with Crippen LogP contribution in [0.15, 0.2) is 12.4 Å². The van der Waals surface area contributed by atoms with Gasteiger partial charge in [-0.3, -0.25) is 0 Å². The first-order valence-corrected chi connectivity index (χ1v) is 6.09. The second-order valence-electron chi connectivity index (χ2n) is 4.35. The van der Waals surface area contributed by atoms with Gasteiger partial charge in [0, 0.05) is 37.9 Å². The van der Waals surface area contributed by atoms with Gasteiger partial charge in [-0.1, -0.05) is 13.8 Å². The monoisotopic (exact) mass is 220 g/mol. The number of aromatic nitrogens is 2. The first-order chi connectivity index (χ1) is 7.81. The third-order valence-electron chi connectivity index (χ3n) is 3.23. The Morgan fingerprint density at radius 1 is 1.38 bits per heavy atom. The highest BCUT2D eigenvalue weighted by Gasteiger charge is 2.13. The first-order valence-electron chi connectivity index (χ1n) is 6.09. The SMILES string of the molecule is CCC(C)c1cc(N2CCNCC2)ncn1. The maximum absolute atomic E-state index is 4.37. The molecule has 2 rings (SSSR count). The molecule has 1 fully saturated rings. The largest absolute Gasteiger partial charge is 0.354 e. The van der Waals surface area contributed by atoms with E-state index >= 15 is 0 Å². The molecule has 2 heterocycles. The molecule has 1 N–H and O–H groups in total. The van der Waals surface area contributed by atoms with E-state index in [-0.39, 0.29) is 0 Å². The van der Waals surface area contributed by atoms with Gasteiger partial charge >= 0.3 is 0 Å². The summed E-state index contributed by atoms with van der Waals surface area (Å²) in [5.41, 5.74) is 1.16. The third kappa shape index (κ3) is 2.50. The normalized spacial score (nSPS) is 18.5. The van der Waals surface area contributed by atoms with Crippen molar-refractivity contribution in [3.05, 3.63) is 18.1 Å². The van der Waals surface area contributed by atoms with Crippen LogP contribution in [0.2, 0.25) is 0 Å². The van der Waals surface area contributed by atoms with Gasteiger partial charge in [0.25, 0.3) is 0 Å². The van der Waals surface area contributed by atoms with E-state index < -0.39 is 0 Å². The van der Waals surface area contributed by atoms with Gasteiger partial charge < -0.3 is 10.2 Å². The molecule has 1 aromatic rings. The van der Waals surface area contributed by atoms with Crippen molar-refractivity contribution >= 4 is 5.82 Å². The zero-order valence-electron chi connectivity index (χ0n) is 10.1. The van der Waals surface area contributed by atoms with Gasteiger partial charge in [-0.25, -0.2) is 9.97 Å². The highest BCUT2D eigenvalue weighted by Crippen LogP contribution is 2.19. The maximum atomic E-state index is 4.37. The van der Waals surface area contributed by atoms with Crippen molar-refractivity contribution in [1.82, 2.24) is 15.3 Å². The number of nitrogens with one attached hydrogen (secondary N) is 1. The molecule has 0 amide bonds. The zero-order valence-corrected chi connectivity index (χ0v) is 10.1. The molecule has 0 saturated carbocycles. The molecule has 1 atom stereocenters. The lowest BCUT2D eigenvalue weighted by Gasteiger charge is -2.28. The summed E-state index contributed by atoms with van der Waals surface area (Å²) < 4.78 is 0. The summed E-state index contributed by atoms with van der Waals surface area (Å²) in [5.74, 6) is 1.59. The number of nitrogens with zero attached hydrogens (tertiary/aromatic N) is 3. The Balaban J connectivity index is 2.14. The van der Waals surface area contributed by atoms with Crippen molar-refractivity contribution in [2.75, 3.05) is 31.1 Å². The second-order valence-corrected chi connectivity index (χ2v) is 4.35. The molecule has 4 nitrogen and oxygen atoms in total. The molecule has 88 valence electrons. The molecule has 1 saturated heterocycles. The molecule has 1 aliphatic heterocycles. The molecule has 1 aliphatic rings. The Labute approximate surface area is 97.1 Å². The molecular weight excluding hydrogens is 200 g/mol. The number of rotatable bonds is 3. The van der Waals surface area contributed by atoms with E-state index in [1.807, 2.05) is 0 Å². The summed E-state index contributed by atoms with van der Waals surface area (Å²) in [7, 11) is 0. The Hall–Kier alpha value is -1.16. The van der Waals surface area contributed by atoms with Crippen LogP contribution in [-0.2, 0) is 0 Å². The van der Waals surface area contributed by atoms with E-state index in [0.29, 0.717) is 5.92 Å². The highest BCUT2D eigenvalue weighted by molar-refractivity contribution is 5.40. The van der Waals surface area contributed by atoms with E-state index in [9.17, 15) is 0 Å². The van der Waals surface area contributed by atoms with Crippen molar-refractivity contribution in [3.63, 3.8) is 0 Å². The first kappa shape index (κ1) is 11.3. The molecule has 16 heavy (non-hydrogen) atoms. The van der Waals surface area contributed by atoms with Gasteiger partial charge in [0.1, 0.15) is 12.1 Å². The van der Waals surface area contributed by atoms with E-state index in [4.69, 9.17) is 0 Å². The lowest BCUT2D eigenvalue weighted by atomic mass is 10.1. The van der Waals surface area contributed by atoms with Gasteiger partial charge in [-0.2, -0.15) is 0 Å². The summed E-state index contributed by atoms with van der Waals surface area (Å²) in [6.45, 7) is 8.57. The summed E-state index contributed by atoms with van der Waals surface area (Å²) >= 11 is 0. The van der Waals surface area contributed by atoms with Crippen molar-refractivity contribution in [2.45, 2.75) is 26.2 Å². The Kier molecular flexibility index (Phi) is 3.72. The van der Waals surface area contributed by atoms with Gasteiger partial charge in [-0.05, 0) is 12.3 Å². The van der Waals surface area contributed by atoms with Crippen LogP contribution in [0.1, 0.15) is 31.9 Å². The molecule has 0 radical (unpaired) electrons. The summed E-state index contributed by atoms with van der Waals surface area (Å²) in [6.07, 6.45) is 2.82. The van der Waals surface area contributed by atoms with Gasteiger partial charge in [0.2, 0.25) is 0 Å². The smallest absolute Gasteiger partial charge is 0.132 e. The summed E-state index contributed by atoms with van der Waals surface area (Å²) in [6, 6.07) is 2.14. The number of hydrogen-bond acceptors (Lipinski definition) is 4. The minimum absolute atomic E-state index is 0.518. The van der Waals surface area contributed by atoms with E-state index in [2.05, 4.69) is 40.1 Å². The van der Waals surface area contributed by atoms with E-state index in [1.165, 1.54) is 0 Å². The minimum Gasteiger partial charge on any atom is -0.354 e. The maximum Gasteiger partial charge on any atom is 0.132 e. The lowest BCUT2D eigenvalue weighted by molar-refractivity contribution is 0.583. The fourth-order valence-electron chi connectivity index (χ4n) is 1.91. The van der Waals surface area contributed by atoms with Crippen molar-refractivity contribution in [2.24, 2.45) is 0 Å². The van der Waals surface area contributed by atoms with Crippen LogP contribution in [0.3, 0.4) is 0 Å². The molecular formula is C12H20N4. The Morgan fingerprint density at radius 2 is 2.12 bits per heavy atom. The van der Waals surface area contributed by atoms with Crippen LogP contribution in [0, 0.1) is 0 Å². The average molecular weight is 220 g/mol. The van der Waals surface area contributed by atoms with Crippen LogP contribution in [0.25, 0.3) is 0 Å².